The van der Waals surface area contributed by atoms with E-state index < -0.39 is 0 Å². The van der Waals surface area contributed by atoms with Gasteiger partial charge in [-0.15, -0.1) is 11.3 Å². The average Bonchev–Trinajstić information content (AvgIpc) is 2.29. The van der Waals surface area contributed by atoms with Crippen LogP contribution in [0, 0.1) is 0 Å². The first kappa shape index (κ1) is 9.87. The van der Waals surface area contributed by atoms with Crippen molar-refractivity contribution >= 4 is 22.9 Å². The molecule has 1 heterocycles. The van der Waals surface area contributed by atoms with E-state index in [2.05, 4.69) is 20.8 Å². The fraction of sp³-hybridized carbons (Fsp3) is 0.556. The first-order valence-electron chi connectivity index (χ1n) is 3.79. The molecule has 0 N–H and O–H groups in total. The van der Waals surface area contributed by atoms with Crippen molar-refractivity contribution in [1.29, 1.82) is 0 Å². The molecule has 1 aromatic heterocycles. The highest BCUT2D eigenvalue weighted by Gasteiger charge is 2.18. The normalized spacial score (nSPS) is 11.8. The monoisotopic (exact) mass is 204 g/mol. The standard InChI is InChI=1S/C9H13ClOS/c1-9(2,3)7-5-6(11-4)8(10)12-7/h5H,1-4H3. The number of halogens is 1. The van der Waals surface area contributed by atoms with Gasteiger partial charge in [-0.3, -0.25) is 0 Å². The van der Waals surface area contributed by atoms with Crippen LogP contribution in [-0.4, -0.2) is 7.11 Å². The third-order valence-electron chi connectivity index (χ3n) is 1.61. The Kier molecular flexibility index (Phi) is 2.69. The smallest absolute Gasteiger partial charge is 0.148 e. The molecule has 0 radical (unpaired) electrons. The van der Waals surface area contributed by atoms with E-state index in [1.54, 1.807) is 18.4 Å². The minimum absolute atomic E-state index is 0.158. The number of methoxy groups -OCH3 is 1. The Morgan fingerprint density at radius 1 is 1.42 bits per heavy atom. The molecule has 0 saturated heterocycles. The summed E-state index contributed by atoms with van der Waals surface area (Å²) in [4.78, 5) is 1.25. The van der Waals surface area contributed by atoms with Crippen molar-refractivity contribution in [3.63, 3.8) is 0 Å². The van der Waals surface area contributed by atoms with Crippen LogP contribution in [0.4, 0.5) is 0 Å². The summed E-state index contributed by atoms with van der Waals surface area (Å²) in [6, 6.07) is 2.01. The molecule has 0 spiro atoms. The number of ether oxygens (including phenoxy) is 1. The molecule has 0 amide bonds. The number of hydrogen-bond acceptors (Lipinski definition) is 2. The summed E-state index contributed by atoms with van der Waals surface area (Å²) in [5.41, 5.74) is 0.158. The Bertz CT molecular complexity index is 273. The van der Waals surface area contributed by atoms with Crippen LogP contribution in [0.1, 0.15) is 25.6 Å². The highest BCUT2D eigenvalue weighted by Crippen LogP contribution is 2.39. The van der Waals surface area contributed by atoms with E-state index in [-0.39, 0.29) is 5.41 Å². The lowest BCUT2D eigenvalue weighted by Gasteiger charge is -2.14. The van der Waals surface area contributed by atoms with Gasteiger partial charge in [0.25, 0.3) is 0 Å². The summed E-state index contributed by atoms with van der Waals surface area (Å²) in [5, 5.41) is 0. The zero-order valence-electron chi connectivity index (χ0n) is 7.77. The Balaban J connectivity index is 3.05. The summed E-state index contributed by atoms with van der Waals surface area (Å²) in [5.74, 6) is 0.784. The third-order valence-corrected chi connectivity index (χ3v) is 3.36. The van der Waals surface area contributed by atoms with Crippen LogP contribution in [0.25, 0.3) is 0 Å². The zero-order valence-corrected chi connectivity index (χ0v) is 9.34. The lowest BCUT2D eigenvalue weighted by atomic mass is 9.95. The predicted octanol–water partition coefficient (Wildman–Crippen LogP) is 3.71. The molecule has 1 aromatic rings. The maximum atomic E-state index is 5.94. The van der Waals surface area contributed by atoms with Crippen molar-refractivity contribution in [3.8, 4) is 5.75 Å². The maximum absolute atomic E-state index is 5.94. The minimum atomic E-state index is 0.158. The van der Waals surface area contributed by atoms with Crippen LogP contribution in [0.15, 0.2) is 6.07 Å². The summed E-state index contributed by atoms with van der Waals surface area (Å²) >= 11 is 7.53. The second kappa shape index (κ2) is 3.27. The van der Waals surface area contributed by atoms with Crippen molar-refractivity contribution in [2.45, 2.75) is 26.2 Å². The van der Waals surface area contributed by atoms with Gasteiger partial charge in [0.2, 0.25) is 0 Å². The first-order chi connectivity index (χ1) is 5.45. The number of rotatable bonds is 1. The van der Waals surface area contributed by atoms with E-state index in [1.165, 1.54) is 4.88 Å². The Labute approximate surface area is 82.3 Å². The average molecular weight is 205 g/mol. The predicted molar refractivity (Wildman–Crippen MR) is 54.6 cm³/mol. The first-order valence-corrected chi connectivity index (χ1v) is 4.98. The molecule has 0 aliphatic carbocycles. The molecule has 0 unspecified atom stereocenters. The highest BCUT2D eigenvalue weighted by molar-refractivity contribution is 7.16. The summed E-state index contributed by atoms with van der Waals surface area (Å²) < 4.78 is 5.84. The van der Waals surface area contributed by atoms with E-state index in [0.717, 1.165) is 10.1 Å². The second-order valence-electron chi connectivity index (χ2n) is 3.70. The highest BCUT2D eigenvalue weighted by atomic mass is 35.5. The molecule has 12 heavy (non-hydrogen) atoms. The van der Waals surface area contributed by atoms with E-state index in [9.17, 15) is 0 Å². The Morgan fingerprint density at radius 3 is 2.25 bits per heavy atom. The molecular formula is C9H13ClOS. The molecule has 68 valence electrons. The van der Waals surface area contributed by atoms with Gasteiger partial charge < -0.3 is 4.74 Å². The van der Waals surface area contributed by atoms with Crippen molar-refractivity contribution in [3.05, 3.63) is 15.3 Å². The van der Waals surface area contributed by atoms with Gasteiger partial charge in [0.15, 0.2) is 0 Å². The van der Waals surface area contributed by atoms with Crippen LogP contribution in [0.3, 0.4) is 0 Å². The van der Waals surface area contributed by atoms with Crippen LogP contribution in [0.5, 0.6) is 5.75 Å². The quantitative estimate of drug-likeness (QED) is 0.678. The fourth-order valence-electron chi connectivity index (χ4n) is 0.861. The molecule has 0 bridgehead atoms. The summed E-state index contributed by atoms with van der Waals surface area (Å²) in [6.45, 7) is 6.48. The zero-order chi connectivity index (χ0) is 9.35. The maximum Gasteiger partial charge on any atom is 0.148 e. The summed E-state index contributed by atoms with van der Waals surface area (Å²) in [7, 11) is 1.64. The van der Waals surface area contributed by atoms with E-state index in [0.29, 0.717) is 0 Å². The van der Waals surface area contributed by atoms with Gasteiger partial charge in [0.05, 0.1) is 7.11 Å². The molecule has 0 aliphatic rings. The Morgan fingerprint density at radius 2 is 2.00 bits per heavy atom. The van der Waals surface area contributed by atoms with Gasteiger partial charge in [-0.25, -0.2) is 0 Å². The lowest BCUT2D eigenvalue weighted by molar-refractivity contribution is 0.416. The van der Waals surface area contributed by atoms with Crippen molar-refractivity contribution in [2.75, 3.05) is 7.11 Å². The number of thiophene rings is 1. The van der Waals surface area contributed by atoms with E-state index >= 15 is 0 Å². The van der Waals surface area contributed by atoms with E-state index in [1.807, 2.05) is 6.07 Å². The van der Waals surface area contributed by atoms with Gasteiger partial charge in [0.1, 0.15) is 10.1 Å². The topological polar surface area (TPSA) is 9.23 Å². The minimum Gasteiger partial charge on any atom is -0.494 e. The number of hydrogen-bond donors (Lipinski definition) is 0. The van der Waals surface area contributed by atoms with Gasteiger partial charge in [0, 0.05) is 4.88 Å². The molecule has 0 atom stereocenters. The van der Waals surface area contributed by atoms with Gasteiger partial charge in [-0.05, 0) is 11.5 Å². The third kappa shape index (κ3) is 1.93. The molecule has 1 rings (SSSR count). The molecule has 3 heteroatoms. The lowest BCUT2D eigenvalue weighted by Crippen LogP contribution is -2.07. The molecule has 0 saturated carbocycles. The van der Waals surface area contributed by atoms with Gasteiger partial charge in [-0.2, -0.15) is 0 Å². The molecule has 0 fully saturated rings. The van der Waals surface area contributed by atoms with Crippen molar-refractivity contribution in [2.24, 2.45) is 0 Å². The molecule has 0 aliphatic heterocycles. The van der Waals surface area contributed by atoms with Crippen molar-refractivity contribution in [1.82, 2.24) is 0 Å². The molecular weight excluding hydrogens is 192 g/mol. The van der Waals surface area contributed by atoms with E-state index in [4.69, 9.17) is 16.3 Å². The molecule has 0 aromatic carbocycles. The van der Waals surface area contributed by atoms with Crippen LogP contribution in [-0.2, 0) is 5.41 Å². The summed E-state index contributed by atoms with van der Waals surface area (Å²) in [6.07, 6.45) is 0. The van der Waals surface area contributed by atoms with Crippen LogP contribution in [0.2, 0.25) is 4.34 Å². The van der Waals surface area contributed by atoms with Gasteiger partial charge in [-0.1, -0.05) is 32.4 Å². The van der Waals surface area contributed by atoms with Crippen LogP contribution < -0.4 is 4.74 Å². The van der Waals surface area contributed by atoms with Crippen LogP contribution >= 0.6 is 22.9 Å². The van der Waals surface area contributed by atoms with Crippen molar-refractivity contribution < 1.29 is 4.74 Å². The SMILES string of the molecule is COc1cc(C(C)(C)C)sc1Cl. The fourth-order valence-corrected chi connectivity index (χ4v) is 2.15. The largest absolute Gasteiger partial charge is 0.494 e. The van der Waals surface area contributed by atoms with Gasteiger partial charge >= 0.3 is 0 Å². The Hall–Kier alpha value is -0.210. The molecule has 1 nitrogen and oxygen atoms in total. The second-order valence-corrected chi connectivity index (χ2v) is 5.36.